The lowest BCUT2D eigenvalue weighted by Crippen LogP contribution is -2.08. The molecule has 0 bridgehead atoms. The highest BCUT2D eigenvalue weighted by Crippen LogP contribution is 1.78. The molecule has 0 amide bonds. The second kappa shape index (κ2) is 9.37. The van der Waals surface area contributed by atoms with Gasteiger partial charge >= 0.3 is 0 Å². The van der Waals surface area contributed by atoms with Crippen molar-refractivity contribution in [1.82, 2.24) is 0 Å². The normalized spacial score (nSPS) is 9.45. The standard InChI is InChI=1S/C7H13NO3/c1-9-4-5-11-7-6-10-3-2-8/h3-7H2,1H3. The summed E-state index contributed by atoms with van der Waals surface area (Å²) in [7, 11) is 1.62. The molecular formula is C7H13NO3. The third-order valence-corrected chi connectivity index (χ3v) is 0.970. The van der Waals surface area contributed by atoms with Gasteiger partial charge in [-0.05, 0) is 0 Å². The zero-order valence-electron chi connectivity index (χ0n) is 6.71. The van der Waals surface area contributed by atoms with Crippen LogP contribution in [0.25, 0.3) is 0 Å². The molecule has 0 saturated heterocycles. The van der Waals surface area contributed by atoms with Gasteiger partial charge in [0.2, 0.25) is 0 Å². The quantitative estimate of drug-likeness (QED) is 0.497. The summed E-state index contributed by atoms with van der Waals surface area (Å²) >= 11 is 0. The molecule has 0 fully saturated rings. The van der Waals surface area contributed by atoms with Gasteiger partial charge in [-0.3, -0.25) is 0 Å². The molecule has 0 aromatic carbocycles. The zero-order chi connectivity index (χ0) is 8.36. The highest BCUT2D eigenvalue weighted by Gasteiger charge is 1.87. The topological polar surface area (TPSA) is 51.5 Å². The summed E-state index contributed by atoms with van der Waals surface area (Å²) in [5.74, 6) is 0. The minimum atomic E-state index is 0.133. The van der Waals surface area contributed by atoms with Crippen LogP contribution >= 0.6 is 0 Å². The highest BCUT2D eigenvalue weighted by atomic mass is 16.5. The second-order valence-electron chi connectivity index (χ2n) is 1.82. The largest absolute Gasteiger partial charge is 0.382 e. The molecule has 4 nitrogen and oxygen atoms in total. The van der Waals surface area contributed by atoms with E-state index in [9.17, 15) is 0 Å². The zero-order valence-corrected chi connectivity index (χ0v) is 6.71. The first kappa shape index (κ1) is 10.4. The van der Waals surface area contributed by atoms with Crippen LogP contribution in [-0.2, 0) is 14.2 Å². The van der Waals surface area contributed by atoms with Crippen LogP contribution in [0.3, 0.4) is 0 Å². The van der Waals surface area contributed by atoms with Crippen molar-refractivity contribution in [2.45, 2.75) is 0 Å². The Bertz CT molecular complexity index is 111. The minimum absolute atomic E-state index is 0.133. The van der Waals surface area contributed by atoms with E-state index in [1.165, 1.54) is 0 Å². The fourth-order valence-electron chi connectivity index (χ4n) is 0.480. The maximum atomic E-state index is 8.07. The van der Waals surface area contributed by atoms with E-state index in [1.807, 2.05) is 6.07 Å². The SMILES string of the molecule is COCCOCCOCC#N. The Morgan fingerprint density at radius 1 is 1.09 bits per heavy atom. The number of nitriles is 1. The van der Waals surface area contributed by atoms with E-state index in [1.54, 1.807) is 7.11 Å². The summed E-state index contributed by atoms with van der Waals surface area (Å²) in [4.78, 5) is 0. The fraction of sp³-hybridized carbons (Fsp3) is 0.857. The Balaban J connectivity index is 2.75. The molecule has 0 aliphatic carbocycles. The molecule has 0 aromatic rings. The van der Waals surface area contributed by atoms with Crippen molar-refractivity contribution in [3.8, 4) is 6.07 Å². The third kappa shape index (κ3) is 9.37. The van der Waals surface area contributed by atoms with Gasteiger partial charge in [-0.25, -0.2) is 0 Å². The Morgan fingerprint density at radius 3 is 2.36 bits per heavy atom. The van der Waals surface area contributed by atoms with Gasteiger partial charge in [-0.15, -0.1) is 0 Å². The summed E-state index contributed by atoms with van der Waals surface area (Å²) in [5, 5.41) is 8.07. The summed E-state index contributed by atoms with van der Waals surface area (Å²) < 4.78 is 14.6. The van der Waals surface area contributed by atoms with Crippen LogP contribution in [0.1, 0.15) is 0 Å². The van der Waals surface area contributed by atoms with Crippen LogP contribution in [0.5, 0.6) is 0 Å². The van der Waals surface area contributed by atoms with Crippen LogP contribution < -0.4 is 0 Å². The predicted molar refractivity (Wildman–Crippen MR) is 39.1 cm³/mol. The lowest BCUT2D eigenvalue weighted by Gasteiger charge is -2.01. The summed E-state index contributed by atoms with van der Waals surface area (Å²) in [6, 6.07) is 1.87. The van der Waals surface area contributed by atoms with Gasteiger partial charge in [0.1, 0.15) is 6.61 Å². The van der Waals surface area contributed by atoms with Gasteiger partial charge in [0.25, 0.3) is 0 Å². The molecule has 0 heterocycles. The second-order valence-corrected chi connectivity index (χ2v) is 1.82. The molecule has 0 rings (SSSR count). The lowest BCUT2D eigenvalue weighted by atomic mass is 10.7. The average molecular weight is 159 g/mol. The number of methoxy groups -OCH3 is 1. The first-order chi connectivity index (χ1) is 5.41. The first-order valence-electron chi connectivity index (χ1n) is 3.43. The molecule has 11 heavy (non-hydrogen) atoms. The van der Waals surface area contributed by atoms with E-state index in [0.29, 0.717) is 26.4 Å². The molecule has 0 aromatic heterocycles. The van der Waals surface area contributed by atoms with Crippen LogP contribution in [0.2, 0.25) is 0 Å². The molecule has 0 aliphatic rings. The van der Waals surface area contributed by atoms with Crippen molar-refractivity contribution in [3.63, 3.8) is 0 Å². The Labute approximate surface area is 66.7 Å². The van der Waals surface area contributed by atoms with Crippen molar-refractivity contribution >= 4 is 0 Å². The van der Waals surface area contributed by atoms with Gasteiger partial charge in [-0.1, -0.05) is 0 Å². The molecule has 0 atom stereocenters. The van der Waals surface area contributed by atoms with Crippen molar-refractivity contribution in [3.05, 3.63) is 0 Å². The Morgan fingerprint density at radius 2 is 1.73 bits per heavy atom. The third-order valence-electron chi connectivity index (χ3n) is 0.970. The van der Waals surface area contributed by atoms with Gasteiger partial charge in [0, 0.05) is 7.11 Å². The molecular weight excluding hydrogens is 146 g/mol. The van der Waals surface area contributed by atoms with Gasteiger partial charge in [-0.2, -0.15) is 5.26 Å². The summed E-state index contributed by atoms with van der Waals surface area (Å²) in [6.45, 7) is 2.29. The van der Waals surface area contributed by atoms with Gasteiger partial charge in [0.15, 0.2) is 0 Å². The number of hydrogen-bond donors (Lipinski definition) is 0. The van der Waals surface area contributed by atoms with E-state index >= 15 is 0 Å². The van der Waals surface area contributed by atoms with E-state index in [0.717, 1.165) is 0 Å². The molecule has 0 spiro atoms. The molecule has 4 heteroatoms. The van der Waals surface area contributed by atoms with Gasteiger partial charge < -0.3 is 14.2 Å². The lowest BCUT2D eigenvalue weighted by molar-refractivity contribution is 0.0322. The van der Waals surface area contributed by atoms with Crippen LogP contribution in [0.4, 0.5) is 0 Å². The minimum Gasteiger partial charge on any atom is -0.382 e. The molecule has 64 valence electrons. The Hall–Kier alpha value is -0.630. The fourth-order valence-corrected chi connectivity index (χ4v) is 0.480. The number of hydrogen-bond acceptors (Lipinski definition) is 4. The molecule has 0 aliphatic heterocycles. The average Bonchev–Trinajstić information content (AvgIpc) is 2.03. The monoisotopic (exact) mass is 159 g/mol. The Kier molecular flexibility index (Phi) is 8.83. The van der Waals surface area contributed by atoms with Crippen LogP contribution in [0, 0.1) is 11.3 Å². The summed E-state index contributed by atoms with van der Waals surface area (Å²) in [5.41, 5.74) is 0. The smallest absolute Gasteiger partial charge is 0.133 e. The van der Waals surface area contributed by atoms with Crippen molar-refractivity contribution in [1.29, 1.82) is 5.26 Å². The summed E-state index contributed by atoms with van der Waals surface area (Å²) in [6.07, 6.45) is 0. The van der Waals surface area contributed by atoms with Crippen molar-refractivity contribution in [2.24, 2.45) is 0 Å². The number of rotatable bonds is 7. The van der Waals surface area contributed by atoms with Gasteiger partial charge in [0.05, 0.1) is 32.5 Å². The van der Waals surface area contributed by atoms with E-state index in [2.05, 4.69) is 0 Å². The number of ether oxygens (including phenoxy) is 3. The molecule has 0 radical (unpaired) electrons. The van der Waals surface area contributed by atoms with E-state index < -0.39 is 0 Å². The maximum Gasteiger partial charge on any atom is 0.133 e. The molecule has 0 N–H and O–H groups in total. The highest BCUT2D eigenvalue weighted by molar-refractivity contribution is 4.65. The number of nitrogens with zero attached hydrogens (tertiary/aromatic N) is 1. The molecule has 0 unspecified atom stereocenters. The van der Waals surface area contributed by atoms with Crippen LogP contribution in [0.15, 0.2) is 0 Å². The maximum absolute atomic E-state index is 8.07. The van der Waals surface area contributed by atoms with E-state index in [4.69, 9.17) is 19.5 Å². The van der Waals surface area contributed by atoms with Crippen molar-refractivity contribution < 1.29 is 14.2 Å². The molecule has 0 saturated carbocycles. The first-order valence-corrected chi connectivity index (χ1v) is 3.43. The van der Waals surface area contributed by atoms with Crippen LogP contribution in [-0.4, -0.2) is 40.1 Å². The van der Waals surface area contributed by atoms with Crippen molar-refractivity contribution in [2.75, 3.05) is 40.1 Å². The predicted octanol–water partition coefficient (Wildman–Crippen LogP) is 0.190. The van der Waals surface area contributed by atoms with E-state index in [-0.39, 0.29) is 6.61 Å².